The maximum atomic E-state index is 13.1. The van der Waals surface area contributed by atoms with E-state index in [2.05, 4.69) is 10.0 Å². The monoisotopic (exact) mass is 505 g/mol. The van der Waals surface area contributed by atoms with E-state index in [0.29, 0.717) is 17.6 Å². The molecule has 0 radical (unpaired) electrons. The van der Waals surface area contributed by atoms with Gasteiger partial charge in [0.15, 0.2) is 0 Å². The molecule has 3 fully saturated rings. The van der Waals surface area contributed by atoms with Crippen LogP contribution >= 0.6 is 11.8 Å². The van der Waals surface area contributed by atoms with Gasteiger partial charge < -0.3 is 0 Å². The number of carbonyl (C=O) groups is 4. The van der Waals surface area contributed by atoms with Crippen LogP contribution < -0.4 is 10.0 Å². The molecule has 4 aliphatic rings. The number of rotatable bonds is 5. The molecule has 2 saturated heterocycles. The molecule has 0 bridgehead atoms. The molecular weight excluding hydrogens is 478 g/mol. The number of piperidine rings is 1. The first-order valence-electron chi connectivity index (χ1n) is 11.8. The van der Waals surface area contributed by atoms with Crippen LogP contribution in [0.25, 0.3) is 0 Å². The first kappa shape index (κ1) is 23.3. The number of benzene rings is 1. The summed E-state index contributed by atoms with van der Waals surface area (Å²) < 4.78 is 28.2. The largest absolute Gasteiger partial charge is 0.295 e. The molecule has 1 aromatic rings. The van der Waals surface area contributed by atoms with Gasteiger partial charge in [0.25, 0.3) is 11.8 Å². The molecule has 0 spiro atoms. The number of nitrogens with zero attached hydrogens (tertiary/aromatic N) is 1. The van der Waals surface area contributed by atoms with Gasteiger partial charge in [0, 0.05) is 17.4 Å². The summed E-state index contributed by atoms with van der Waals surface area (Å²) in [6, 6.07) is 3.17. The van der Waals surface area contributed by atoms with Crippen LogP contribution in [-0.4, -0.2) is 52.8 Å². The molecule has 0 aromatic heterocycles. The molecule has 4 amide bonds. The summed E-state index contributed by atoms with van der Waals surface area (Å²) >= 11 is 1.54. The normalized spacial score (nSPS) is 28.2. The standard InChI is InChI=1S/C23H27N3O6S2/c27-19-10-8-17(21(28)24-19)26-22(29)15-7-6-14(12-16(15)23(26)30)25-34(31,32)20-11-9-18(33-20)13-4-2-1-3-5-13/h6-7,12-13,17-18,20,25H,1-5,8-11H2,(H,24,27,28). The van der Waals surface area contributed by atoms with E-state index in [1.54, 1.807) is 0 Å². The highest BCUT2D eigenvalue weighted by Crippen LogP contribution is 2.45. The van der Waals surface area contributed by atoms with Crippen molar-refractivity contribution >= 4 is 51.1 Å². The Kier molecular flexibility index (Phi) is 6.18. The van der Waals surface area contributed by atoms with E-state index in [4.69, 9.17) is 0 Å². The van der Waals surface area contributed by atoms with Gasteiger partial charge in [0.05, 0.1) is 11.1 Å². The van der Waals surface area contributed by atoms with Gasteiger partial charge in [0.2, 0.25) is 21.8 Å². The molecule has 11 heteroatoms. The summed E-state index contributed by atoms with van der Waals surface area (Å²) in [6.45, 7) is 0. The fourth-order valence-corrected chi connectivity index (χ4v) is 9.10. The summed E-state index contributed by atoms with van der Waals surface area (Å²) in [6.07, 6.45) is 7.62. The summed E-state index contributed by atoms with van der Waals surface area (Å²) in [5, 5.41) is 2.52. The smallest absolute Gasteiger partial charge is 0.262 e. The molecule has 2 N–H and O–H groups in total. The summed E-state index contributed by atoms with van der Waals surface area (Å²) in [4.78, 5) is 50.3. The van der Waals surface area contributed by atoms with E-state index < -0.39 is 44.3 Å². The van der Waals surface area contributed by atoms with Crippen LogP contribution in [0.1, 0.15) is 78.5 Å². The van der Waals surface area contributed by atoms with Gasteiger partial charge in [-0.25, -0.2) is 8.42 Å². The van der Waals surface area contributed by atoms with Crippen molar-refractivity contribution in [2.75, 3.05) is 4.72 Å². The average molecular weight is 506 g/mol. The predicted octanol–water partition coefficient (Wildman–Crippen LogP) is 2.63. The molecule has 1 saturated carbocycles. The number of sulfonamides is 1. The maximum Gasteiger partial charge on any atom is 0.262 e. The lowest BCUT2D eigenvalue weighted by molar-refractivity contribution is -0.136. The molecule has 3 heterocycles. The van der Waals surface area contributed by atoms with Crippen molar-refractivity contribution in [3.8, 4) is 0 Å². The van der Waals surface area contributed by atoms with Crippen LogP contribution in [0.4, 0.5) is 5.69 Å². The van der Waals surface area contributed by atoms with E-state index in [1.807, 2.05) is 0 Å². The number of hydrogen-bond acceptors (Lipinski definition) is 7. The first-order valence-corrected chi connectivity index (χ1v) is 14.3. The summed E-state index contributed by atoms with van der Waals surface area (Å²) in [7, 11) is -3.68. The topological polar surface area (TPSA) is 130 Å². The van der Waals surface area contributed by atoms with E-state index in [1.165, 1.54) is 62.1 Å². The molecule has 3 atom stereocenters. The van der Waals surface area contributed by atoms with E-state index >= 15 is 0 Å². The second-order valence-corrected chi connectivity index (χ2v) is 13.0. The van der Waals surface area contributed by atoms with Crippen molar-refractivity contribution in [2.24, 2.45) is 5.92 Å². The van der Waals surface area contributed by atoms with E-state index in [0.717, 1.165) is 11.3 Å². The highest BCUT2D eigenvalue weighted by molar-refractivity contribution is 8.14. The lowest BCUT2D eigenvalue weighted by atomic mass is 9.85. The maximum absolute atomic E-state index is 13.1. The number of nitrogens with one attached hydrogen (secondary N) is 2. The Morgan fingerprint density at radius 1 is 0.912 bits per heavy atom. The van der Waals surface area contributed by atoms with Crippen molar-refractivity contribution in [1.82, 2.24) is 10.2 Å². The van der Waals surface area contributed by atoms with Gasteiger partial charge in [-0.05, 0) is 56.2 Å². The number of thioether (sulfide) groups is 1. The number of anilines is 1. The number of hydrogen-bond donors (Lipinski definition) is 2. The van der Waals surface area contributed by atoms with Gasteiger partial charge in [-0.2, -0.15) is 0 Å². The molecule has 182 valence electrons. The summed E-state index contributed by atoms with van der Waals surface area (Å²) in [5.41, 5.74) is 0.381. The zero-order valence-electron chi connectivity index (χ0n) is 18.6. The van der Waals surface area contributed by atoms with Crippen molar-refractivity contribution in [2.45, 2.75) is 73.7 Å². The molecule has 1 aromatic carbocycles. The minimum Gasteiger partial charge on any atom is -0.295 e. The molecule has 34 heavy (non-hydrogen) atoms. The SMILES string of the molecule is O=C1CCC(N2C(=O)c3ccc(NS(=O)(=O)C4CCC(C5CCCCC5)S4)cc3C2=O)C(=O)N1. The third-order valence-corrected chi connectivity index (χ3v) is 11.3. The molecule has 3 unspecified atom stereocenters. The molecular formula is C23H27N3O6S2. The molecule has 3 aliphatic heterocycles. The van der Waals surface area contributed by atoms with E-state index in [9.17, 15) is 27.6 Å². The third-order valence-electron chi connectivity index (χ3n) is 7.24. The quantitative estimate of drug-likeness (QED) is 0.589. The lowest BCUT2D eigenvalue weighted by Gasteiger charge is -2.27. The van der Waals surface area contributed by atoms with Crippen molar-refractivity contribution in [1.29, 1.82) is 0 Å². The van der Waals surface area contributed by atoms with Crippen LogP contribution in [0.15, 0.2) is 18.2 Å². The van der Waals surface area contributed by atoms with E-state index in [-0.39, 0.29) is 29.7 Å². The zero-order chi connectivity index (χ0) is 24.0. The average Bonchev–Trinajstić information content (AvgIpc) is 3.40. The number of fused-ring (bicyclic) bond motifs is 1. The van der Waals surface area contributed by atoms with Gasteiger partial charge in [-0.15, -0.1) is 11.8 Å². The Labute approximate surface area is 202 Å². The van der Waals surface area contributed by atoms with Crippen LogP contribution in [-0.2, 0) is 19.6 Å². The van der Waals surface area contributed by atoms with Gasteiger partial charge in [-0.3, -0.25) is 34.1 Å². The second-order valence-electron chi connectivity index (χ2n) is 9.43. The van der Waals surface area contributed by atoms with Crippen LogP contribution in [0, 0.1) is 5.92 Å². The lowest BCUT2D eigenvalue weighted by Crippen LogP contribution is -2.54. The van der Waals surface area contributed by atoms with Gasteiger partial charge >= 0.3 is 0 Å². The van der Waals surface area contributed by atoms with Crippen LogP contribution in [0.5, 0.6) is 0 Å². The number of carbonyl (C=O) groups excluding carboxylic acids is 4. The molecule has 9 nitrogen and oxygen atoms in total. The summed E-state index contributed by atoms with van der Waals surface area (Å²) in [5.74, 6) is -1.82. The highest BCUT2D eigenvalue weighted by atomic mass is 32.3. The Morgan fingerprint density at radius 2 is 1.65 bits per heavy atom. The van der Waals surface area contributed by atoms with Crippen molar-refractivity contribution in [3.63, 3.8) is 0 Å². The minimum atomic E-state index is -3.68. The Bertz CT molecular complexity index is 1160. The third kappa shape index (κ3) is 4.24. The fraction of sp³-hybridized carbons (Fsp3) is 0.565. The highest BCUT2D eigenvalue weighted by Gasteiger charge is 2.45. The Hall–Kier alpha value is -2.40. The second kappa shape index (κ2) is 8.99. The zero-order valence-corrected chi connectivity index (χ0v) is 20.3. The number of imide groups is 2. The first-order chi connectivity index (χ1) is 16.2. The predicted molar refractivity (Wildman–Crippen MR) is 127 cm³/mol. The molecule has 5 rings (SSSR count). The Morgan fingerprint density at radius 3 is 2.38 bits per heavy atom. The molecule has 1 aliphatic carbocycles. The Balaban J connectivity index is 1.30. The number of amides is 4. The van der Waals surface area contributed by atoms with Crippen LogP contribution in [0.2, 0.25) is 0 Å². The fourth-order valence-electron chi connectivity index (χ4n) is 5.48. The minimum absolute atomic E-state index is 0.0375. The van der Waals surface area contributed by atoms with Crippen LogP contribution in [0.3, 0.4) is 0 Å². The van der Waals surface area contributed by atoms with Crippen molar-refractivity contribution in [3.05, 3.63) is 29.3 Å². The van der Waals surface area contributed by atoms with Crippen molar-refractivity contribution < 1.29 is 27.6 Å². The van der Waals surface area contributed by atoms with Gasteiger partial charge in [0.1, 0.15) is 10.6 Å². The van der Waals surface area contributed by atoms with Gasteiger partial charge in [-0.1, -0.05) is 19.3 Å².